The predicted molar refractivity (Wildman–Crippen MR) is 76.1 cm³/mol. The summed E-state index contributed by atoms with van der Waals surface area (Å²) < 4.78 is 33.2. The van der Waals surface area contributed by atoms with Crippen LogP contribution >= 0.6 is 27.5 Å². The smallest absolute Gasteiger partial charge is 0.248 e. The molecule has 0 aliphatic heterocycles. The van der Waals surface area contributed by atoms with Crippen molar-refractivity contribution in [3.05, 3.63) is 28.2 Å². The third-order valence-electron chi connectivity index (χ3n) is 3.38. The number of halogens is 4. The van der Waals surface area contributed by atoms with E-state index in [-0.39, 0.29) is 18.8 Å². The molecule has 1 atom stereocenters. The lowest BCUT2D eigenvalue weighted by Crippen LogP contribution is -2.29. The lowest BCUT2D eigenvalue weighted by atomic mass is 9.87. The third kappa shape index (κ3) is 4.32. The van der Waals surface area contributed by atoms with Crippen LogP contribution < -0.4 is 4.74 Å². The van der Waals surface area contributed by atoms with Gasteiger partial charge in [0.25, 0.3) is 0 Å². The molecule has 1 saturated carbocycles. The van der Waals surface area contributed by atoms with E-state index in [0.29, 0.717) is 24.7 Å². The first-order valence-corrected chi connectivity index (χ1v) is 7.68. The summed E-state index contributed by atoms with van der Waals surface area (Å²) in [4.78, 5) is 0. The van der Waals surface area contributed by atoms with Gasteiger partial charge in [-0.3, -0.25) is 0 Å². The SMILES string of the molecule is FC1(F)CCCC(COc2ccc(Br)cc2CCl)C1. The van der Waals surface area contributed by atoms with Crippen molar-refractivity contribution in [2.75, 3.05) is 6.61 Å². The molecule has 1 unspecified atom stereocenters. The van der Waals surface area contributed by atoms with E-state index >= 15 is 0 Å². The first kappa shape index (κ1) is 15.0. The van der Waals surface area contributed by atoms with E-state index in [1.54, 1.807) is 0 Å². The van der Waals surface area contributed by atoms with Gasteiger partial charge in [-0.25, -0.2) is 8.78 Å². The zero-order valence-corrected chi connectivity index (χ0v) is 12.8. The Morgan fingerprint density at radius 2 is 2.21 bits per heavy atom. The molecule has 1 aromatic carbocycles. The predicted octanol–water partition coefficient (Wildman–Crippen LogP) is 5.39. The zero-order valence-electron chi connectivity index (χ0n) is 10.5. The molecule has 0 radical (unpaired) electrons. The van der Waals surface area contributed by atoms with Crippen molar-refractivity contribution in [2.24, 2.45) is 5.92 Å². The average molecular weight is 354 g/mol. The van der Waals surface area contributed by atoms with Crippen LogP contribution in [0.2, 0.25) is 0 Å². The second-order valence-corrected chi connectivity index (χ2v) is 6.20. The normalized spacial score (nSPS) is 22.2. The number of alkyl halides is 3. The van der Waals surface area contributed by atoms with Gasteiger partial charge >= 0.3 is 0 Å². The van der Waals surface area contributed by atoms with Crippen LogP contribution in [0.3, 0.4) is 0 Å². The van der Waals surface area contributed by atoms with E-state index in [9.17, 15) is 8.78 Å². The summed E-state index contributed by atoms with van der Waals surface area (Å²) in [5.74, 6) is -1.57. The van der Waals surface area contributed by atoms with E-state index in [2.05, 4.69) is 15.9 Å². The van der Waals surface area contributed by atoms with Gasteiger partial charge in [0.05, 0.1) is 12.5 Å². The van der Waals surface area contributed by atoms with Crippen molar-refractivity contribution in [1.29, 1.82) is 0 Å². The van der Waals surface area contributed by atoms with Gasteiger partial charge in [-0.15, -0.1) is 11.6 Å². The van der Waals surface area contributed by atoms with Crippen LogP contribution in [0.4, 0.5) is 8.78 Å². The fraction of sp³-hybridized carbons (Fsp3) is 0.571. The number of ether oxygens (including phenoxy) is 1. The topological polar surface area (TPSA) is 9.23 Å². The van der Waals surface area contributed by atoms with Crippen molar-refractivity contribution in [2.45, 2.75) is 37.5 Å². The maximum atomic E-state index is 13.3. The quantitative estimate of drug-likeness (QED) is 0.659. The Bertz CT molecular complexity index is 439. The lowest BCUT2D eigenvalue weighted by molar-refractivity contribution is -0.0585. The fourth-order valence-corrected chi connectivity index (χ4v) is 3.04. The molecular formula is C14H16BrClF2O. The molecule has 0 heterocycles. The van der Waals surface area contributed by atoms with Crippen LogP contribution in [0.25, 0.3) is 0 Å². The molecule has 0 amide bonds. The summed E-state index contributed by atoms with van der Waals surface area (Å²) in [6, 6.07) is 5.57. The third-order valence-corrected chi connectivity index (χ3v) is 4.16. The highest BCUT2D eigenvalue weighted by atomic mass is 79.9. The van der Waals surface area contributed by atoms with Crippen LogP contribution in [-0.4, -0.2) is 12.5 Å². The minimum absolute atomic E-state index is 0.00864. The number of benzene rings is 1. The van der Waals surface area contributed by atoms with Crippen molar-refractivity contribution < 1.29 is 13.5 Å². The molecule has 0 saturated heterocycles. The Balaban J connectivity index is 1.95. The van der Waals surface area contributed by atoms with E-state index in [4.69, 9.17) is 16.3 Å². The maximum Gasteiger partial charge on any atom is 0.248 e. The summed E-state index contributed by atoms with van der Waals surface area (Å²) in [5.41, 5.74) is 0.874. The first-order valence-electron chi connectivity index (χ1n) is 6.35. The molecule has 106 valence electrons. The molecule has 0 bridgehead atoms. The molecule has 5 heteroatoms. The number of hydrogen-bond donors (Lipinski definition) is 0. The minimum atomic E-state index is -2.53. The van der Waals surface area contributed by atoms with E-state index < -0.39 is 5.92 Å². The van der Waals surface area contributed by atoms with Crippen LogP contribution in [-0.2, 0) is 5.88 Å². The van der Waals surface area contributed by atoms with Gasteiger partial charge in [0.15, 0.2) is 0 Å². The molecule has 0 aromatic heterocycles. The first-order chi connectivity index (χ1) is 9.00. The summed E-state index contributed by atoms with van der Waals surface area (Å²) in [6.07, 6.45) is 1.32. The highest BCUT2D eigenvalue weighted by Crippen LogP contribution is 2.37. The zero-order chi connectivity index (χ0) is 13.9. The molecule has 1 aromatic rings. The molecule has 1 aliphatic carbocycles. The van der Waals surface area contributed by atoms with Crippen LogP contribution in [0.5, 0.6) is 5.75 Å². The summed E-state index contributed by atoms with van der Waals surface area (Å²) in [6.45, 7) is 0.334. The van der Waals surface area contributed by atoms with Gasteiger partial charge in [-0.1, -0.05) is 15.9 Å². The van der Waals surface area contributed by atoms with E-state index in [1.165, 1.54) is 0 Å². The second kappa shape index (κ2) is 6.40. The summed E-state index contributed by atoms with van der Waals surface area (Å²) in [7, 11) is 0. The molecule has 1 aliphatic rings. The number of rotatable bonds is 4. The van der Waals surface area contributed by atoms with Crippen LogP contribution in [0.15, 0.2) is 22.7 Å². The maximum absolute atomic E-state index is 13.3. The van der Waals surface area contributed by atoms with Crippen molar-refractivity contribution in [3.63, 3.8) is 0 Å². The Kier molecular flexibility index (Phi) is 5.07. The minimum Gasteiger partial charge on any atom is -0.493 e. The van der Waals surface area contributed by atoms with Crippen LogP contribution in [0, 0.1) is 5.92 Å². The van der Waals surface area contributed by atoms with Crippen molar-refractivity contribution >= 4 is 27.5 Å². The Labute approximate surface area is 125 Å². The van der Waals surface area contributed by atoms with Gasteiger partial charge in [-0.05, 0) is 37.0 Å². The van der Waals surface area contributed by atoms with Gasteiger partial charge in [0.1, 0.15) is 5.75 Å². The molecule has 0 N–H and O–H groups in total. The Hall–Kier alpha value is -0.350. The largest absolute Gasteiger partial charge is 0.493 e. The van der Waals surface area contributed by atoms with Gasteiger partial charge in [-0.2, -0.15) is 0 Å². The second-order valence-electron chi connectivity index (χ2n) is 5.02. The van der Waals surface area contributed by atoms with Gasteiger partial charge < -0.3 is 4.74 Å². The lowest BCUT2D eigenvalue weighted by Gasteiger charge is -2.28. The Morgan fingerprint density at radius 1 is 1.42 bits per heavy atom. The molecule has 1 fully saturated rings. The summed E-state index contributed by atoms with van der Waals surface area (Å²) in [5, 5.41) is 0. The molecule has 2 rings (SSSR count). The summed E-state index contributed by atoms with van der Waals surface area (Å²) >= 11 is 9.22. The fourth-order valence-electron chi connectivity index (χ4n) is 2.42. The number of hydrogen-bond acceptors (Lipinski definition) is 1. The average Bonchev–Trinajstić information content (AvgIpc) is 2.36. The molecule has 19 heavy (non-hydrogen) atoms. The Morgan fingerprint density at radius 3 is 2.89 bits per heavy atom. The molecule has 1 nitrogen and oxygen atoms in total. The van der Waals surface area contributed by atoms with Crippen molar-refractivity contribution in [3.8, 4) is 5.75 Å². The standard InChI is InChI=1S/C14H16BrClF2O/c15-12-3-4-13(11(6-12)8-16)19-9-10-2-1-5-14(17,18)7-10/h3-4,6,10H,1-2,5,7-9H2. The van der Waals surface area contributed by atoms with Gasteiger partial charge in [0.2, 0.25) is 5.92 Å². The van der Waals surface area contributed by atoms with Gasteiger partial charge in [0, 0.05) is 22.9 Å². The monoisotopic (exact) mass is 352 g/mol. The highest BCUT2D eigenvalue weighted by Gasteiger charge is 2.36. The van der Waals surface area contributed by atoms with E-state index in [0.717, 1.165) is 16.5 Å². The van der Waals surface area contributed by atoms with E-state index in [1.807, 2.05) is 18.2 Å². The molecular weight excluding hydrogens is 338 g/mol. The highest BCUT2D eigenvalue weighted by molar-refractivity contribution is 9.10. The molecule has 0 spiro atoms. The van der Waals surface area contributed by atoms with Crippen molar-refractivity contribution in [1.82, 2.24) is 0 Å². The van der Waals surface area contributed by atoms with Crippen LogP contribution in [0.1, 0.15) is 31.2 Å².